The smallest absolute Gasteiger partial charge is 0.189 e. The number of nitriles is 1. The standard InChI is InChI=1S/C24H23N7O/c1-24(2,14-25)21-10-17(8-9-28-21)19-13-29-23(26)22(30-19)20-11-18(31-32-20)16-6-4-15(5-7-16)12-27-3/h4-11,13,27H,12H2,1-3H3,(H2,26,29). The molecule has 4 aromatic rings. The molecule has 0 saturated carbocycles. The highest BCUT2D eigenvalue weighted by Gasteiger charge is 2.22. The minimum absolute atomic E-state index is 0.243. The van der Waals surface area contributed by atoms with Gasteiger partial charge in [0.2, 0.25) is 0 Å². The Hall–Kier alpha value is -4.09. The number of hydrogen-bond donors (Lipinski definition) is 2. The van der Waals surface area contributed by atoms with E-state index in [-0.39, 0.29) is 5.82 Å². The summed E-state index contributed by atoms with van der Waals surface area (Å²) in [5, 5.41) is 16.7. The summed E-state index contributed by atoms with van der Waals surface area (Å²) in [6, 6.07) is 15.8. The maximum absolute atomic E-state index is 9.42. The van der Waals surface area contributed by atoms with E-state index in [1.807, 2.05) is 57.3 Å². The van der Waals surface area contributed by atoms with Crippen molar-refractivity contribution in [2.45, 2.75) is 25.8 Å². The van der Waals surface area contributed by atoms with Gasteiger partial charge in [-0.25, -0.2) is 9.97 Å². The number of nitrogens with zero attached hydrogens (tertiary/aromatic N) is 5. The van der Waals surface area contributed by atoms with Gasteiger partial charge in [0.15, 0.2) is 17.3 Å². The van der Waals surface area contributed by atoms with Crippen molar-refractivity contribution in [3.63, 3.8) is 0 Å². The molecule has 0 aliphatic carbocycles. The molecule has 0 bridgehead atoms. The first-order valence-corrected chi connectivity index (χ1v) is 10.1. The van der Waals surface area contributed by atoms with E-state index in [2.05, 4.69) is 31.5 Å². The van der Waals surface area contributed by atoms with Crippen molar-refractivity contribution in [3.05, 3.63) is 66.1 Å². The molecule has 32 heavy (non-hydrogen) atoms. The van der Waals surface area contributed by atoms with Crippen LogP contribution >= 0.6 is 0 Å². The minimum Gasteiger partial charge on any atom is -0.382 e. The van der Waals surface area contributed by atoms with Crippen LogP contribution in [0.4, 0.5) is 5.82 Å². The summed E-state index contributed by atoms with van der Waals surface area (Å²) in [5.41, 5.74) is 10.6. The van der Waals surface area contributed by atoms with Crippen LogP contribution in [0.15, 0.2) is 59.4 Å². The van der Waals surface area contributed by atoms with Gasteiger partial charge in [-0.05, 0) is 38.6 Å². The number of benzene rings is 1. The summed E-state index contributed by atoms with van der Waals surface area (Å²) >= 11 is 0. The van der Waals surface area contributed by atoms with Gasteiger partial charge >= 0.3 is 0 Å². The lowest BCUT2D eigenvalue weighted by molar-refractivity contribution is 0.434. The van der Waals surface area contributed by atoms with Crippen LogP contribution < -0.4 is 11.1 Å². The molecule has 0 atom stereocenters. The first-order valence-electron chi connectivity index (χ1n) is 10.1. The quantitative estimate of drug-likeness (QED) is 0.475. The van der Waals surface area contributed by atoms with Crippen LogP contribution in [0.2, 0.25) is 0 Å². The highest BCUT2D eigenvalue weighted by Crippen LogP contribution is 2.30. The highest BCUT2D eigenvalue weighted by molar-refractivity contribution is 5.73. The molecule has 0 fully saturated rings. The van der Waals surface area contributed by atoms with Crippen molar-refractivity contribution < 1.29 is 4.52 Å². The summed E-state index contributed by atoms with van der Waals surface area (Å²) in [4.78, 5) is 13.3. The molecular weight excluding hydrogens is 402 g/mol. The van der Waals surface area contributed by atoms with Crippen LogP contribution in [-0.4, -0.2) is 27.2 Å². The number of nitrogens with one attached hydrogen (secondary N) is 1. The summed E-state index contributed by atoms with van der Waals surface area (Å²) < 4.78 is 5.55. The lowest BCUT2D eigenvalue weighted by atomic mass is 9.90. The lowest BCUT2D eigenvalue weighted by Crippen LogP contribution is -2.15. The van der Waals surface area contributed by atoms with Crippen molar-refractivity contribution >= 4 is 5.82 Å². The van der Waals surface area contributed by atoms with Crippen molar-refractivity contribution in [1.82, 2.24) is 25.4 Å². The van der Waals surface area contributed by atoms with Crippen LogP contribution in [0.25, 0.3) is 34.0 Å². The van der Waals surface area contributed by atoms with Gasteiger partial charge in [0.1, 0.15) is 5.69 Å². The molecule has 0 unspecified atom stereocenters. The zero-order valence-electron chi connectivity index (χ0n) is 18.1. The van der Waals surface area contributed by atoms with Crippen molar-refractivity contribution in [3.8, 4) is 40.0 Å². The van der Waals surface area contributed by atoms with E-state index < -0.39 is 5.41 Å². The number of nitrogen functional groups attached to an aromatic ring is 1. The molecule has 8 heteroatoms. The van der Waals surface area contributed by atoms with Gasteiger partial charge in [-0.15, -0.1) is 0 Å². The maximum Gasteiger partial charge on any atom is 0.189 e. The fourth-order valence-electron chi connectivity index (χ4n) is 3.23. The second kappa shape index (κ2) is 8.57. The summed E-state index contributed by atoms with van der Waals surface area (Å²) in [7, 11) is 1.91. The normalized spacial score (nSPS) is 11.3. The third-order valence-electron chi connectivity index (χ3n) is 5.15. The summed E-state index contributed by atoms with van der Waals surface area (Å²) in [5.74, 6) is 0.672. The van der Waals surface area contributed by atoms with Crippen molar-refractivity contribution in [2.24, 2.45) is 0 Å². The fraction of sp³-hybridized carbons (Fsp3) is 0.208. The Morgan fingerprint density at radius 2 is 1.84 bits per heavy atom. The molecular formula is C24H23N7O. The molecule has 4 rings (SSSR count). The van der Waals surface area contributed by atoms with Crippen LogP contribution in [-0.2, 0) is 12.0 Å². The number of hydrogen-bond acceptors (Lipinski definition) is 8. The minimum atomic E-state index is -0.720. The van der Waals surface area contributed by atoms with Crippen molar-refractivity contribution in [2.75, 3.05) is 12.8 Å². The average molecular weight is 425 g/mol. The van der Waals surface area contributed by atoms with Gasteiger partial charge in [0, 0.05) is 29.9 Å². The Morgan fingerprint density at radius 3 is 2.56 bits per heavy atom. The Bertz CT molecular complexity index is 1290. The molecule has 0 aliphatic rings. The third-order valence-corrected chi connectivity index (χ3v) is 5.15. The van der Waals surface area contributed by atoms with E-state index in [9.17, 15) is 5.26 Å². The molecule has 3 N–H and O–H groups in total. The van der Waals surface area contributed by atoms with Crippen LogP contribution in [0.5, 0.6) is 0 Å². The Labute approximate surface area is 186 Å². The summed E-state index contributed by atoms with van der Waals surface area (Å²) in [6.45, 7) is 4.44. The molecule has 0 radical (unpaired) electrons. The van der Waals surface area contributed by atoms with E-state index in [0.29, 0.717) is 28.5 Å². The third kappa shape index (κ3) is 4.19. The number of rotatable bonds is 6. The van der Waals surface area contributed by atoms with Gasteiger partial charge in [-0.1, -0.05) is 29.4 Å². The first-order chi connectivity index (χ1) is 15.4. The fourth-order valence-corrected chi connectivity index (χ4v) is 3.23. The van der Waals surface area contributed by atoms with Gasteiger partial charge in [-0.2, -0.15) is 5.26 Å². The van der Waals surface area contributed by atoms with Gasteiger partial charge in [0.25, 0.3) is 0 Å². The SMILES string of the molecule is CNCc1ccc(-c2cc(-c3nc(-c4ccnc(C(C)(C)C#N)c4)cnc3N)on2)cc1. The number of anilines is 1. The van der Waals surface area contributed by atoms with Crippen LogP contribution in [0.3, 0.4) is 0 Å². The van der Waals surface area contributed by atoms with Crippen molar-refractivity contribution in [1.29, 1.82) is 5.26 Å². The zero-order valence-corrected chi connectivity index (χ0v) is 18.1. The Balaban J connectivity index is 1.68. The molecule has 0 saturated heterocycles. The van der Waals surface area contributed by atoms with E-state index in [4.69, 9.17) is 10.3 Å². The Kier molecular flexibility index (Phi) is 5.67. The lowest BCUT2D eigenvalue weighted by Gasteiger charge is -2.15. The van der Waals surface area contributed by atoms with Gasteiger partial charge in [0.05, 0.1) is 29.1 Å². The topological polar surface area (TPSA) is 127 Å². The maximum atomic E-state index is 9.42. The van der Waals surface area contributed by atoms with Crippen LogP contribution in [0, 0.1) is 11.3 Å². The molecule has 0 aliphatic heterocycles. The van der Waals surface area contributed by atoms with Crippen LogP contribution in [0.1, 0.15) is 25.1 Å². The monoisotopic (exact) mass is 425 g/mol. The van der Waals surface area contributed by atoms with Gasteiger partial charge in [-0.3, -0.25) is 4.98 Å². The number of aromatic nitrogens is 4. The molecule has 1 aromatic carbocycles. The molecule has 0 amide bonds. The van der Waals surface area contributed by atoms with E-state index in [0.717, 1.165) is 17.7 Å². The van der Waals surface area contributed by atoms with E-state index >= 15 is 0 Å². The molecule has 0 spiro atoms. The molecule has 8 nitrogen and oxygen atoms in total. The van der Waals surface area contributed by atoms with E-state index in [1.54, 1.807) is 18.5 Å². The predicted molar refractivity (Wildman–Crippen MR) is 122 cm³/mol. The second-order valence-electron chi connectivity index (χ2n) is 7.96. The summed E-state index contributed by atoms with van der Waals surface area (Å²) in [6.07, 6.45) is 3.25. The predicted octanol–water partition coefficient (Wildman–Crippen LogP) is 3.96. The van der Waals surface area contributed by atoms with Gasteiger partial charge < -0.3 is 15.6 Å². The molecule has 3 heterocycles. The highest BCUT2D eigenvalue weighted by atomic mass is 16.5. The average Bonchev–Trinajstić information content (AvgIpc) is 3.30. The second-order valence-corrected chi connectivity index (χ2v) is 7.96. The number of nitrogens with two attached hydrogens (primary N) is 1. The number of pyridine rings is 1. The Morgan fingerprint density at radius 1 is 1.06 bits per heavy atom. The zero-order chi connectivity index (χ0) is 22.7. The largest absolute Gasteiger partial charge is 0.382 e. The van der Waals surface area contributed by atoms with E-state index in [1.165, 1.54) is 5.56 Å². The molecule has 160 valence electrons. The first kappa shape index (κ1) is 21.2. The molecule has 3 aromatic heterocycles.